The molecule has 0 heterocycles. The number of carbonyl (C=O) groups excluding carboxylic acids is 1. The van der Waals surface area contributed by atoms with Gasteiger partial charge in [-0.1, -0.05) is 30.3 Å². The van der Waals surface area contributed by atoms with E-state index in [-0.39, 0.29) is 18.3 Å². The highest BCUT2D eigenvalue weighted by molar-refractivity contribution is 5.85. The molecule has 0 aliphatic carbocycles. The average molecular weight is 230 g/mol. The normalized spacial score (nSPS) is 11.3. The van der Waals surface area contributed by atoms with Crippen molar-refractivity contribution in [3.63, 3.8) is 0 Å². The molecule has 0 aliphatic heterocycles. The molecule has 0 aliphatic rings. The van der Waals surface area contributed by atoms with Crippen LogP contribution in [0.1, 0.15) is 12.0 Å². The van der Waals surface area contributed by atoms with Crippen molar-refractivity contribution < 1.29 is 9.90 Å². The van der Waals surface area contributed by atoms with Crippen LogP contribution in [-0.2, 0) is 11.2 Å². The number of aliphatic hydroxyl groups is 1. The molecule has 0 spiro atoms. The molecular formula is C11H16ClNO2. The maximum atomic E-state index is 11.0. The Hall–Kier alpha value is -1.06. The van der Waals surface area contributed by atoms with E-state index in [2.05, 4.69) is 5.32 Å². The first-order valence-corrected chi connectivity index (χ1v) is 4.67. The molecule has 1 unspecified atom stereocenters. The van der Waals surface area contributed by atoms with Crippen LogP contribution in [-0.4, -0.2) is 24.2 Å². The lowest BCUT2D eigenvalue weighted by molar-refractivity contribution is -0.129. The van der Waals surface area contributed by atoms with E-state index >= 15 is 0 Å². The summed E-state index contributed by atoms with van der Waals surface area (Å²) in [6.07, 6.45) is 0.277. The molecule has 1 aromatic rings. The van der Waals surface area contributed by atoms with Crippen molar-refractivity contribution >= 4 is 18.3 Å². The summed E-state index contributed by atoms with van der Waals surface area (Å²) in [6, 6.07) is 9.80. The number of aliphatic hydroxyl groups excluding tert-OH is 1. The van der Waals surface area contributed by atoms with E-state index < -0.39 is 6.10 Å². The monoisotopic (exact) mass is 229 g/mol. The van der Waals surface area contributed by atoms with Crippen molar-refractivity contribution in [3.05, 3.63) is 35.9 Å². The minimum absolute atomic E-state index is 0. The number of halogens is 1. The van der Waals surface area contributed by atoms with Gasteiger partial charge in [0.2, 0.25) is 5.91 Å². The zero-order valence-electron chi connectivity index (χ0n) is 8.64. The van der Waals surface area contributed by atoms with Crippen LogP contribution in [0.3, 0.4) is 0 Å². The highest BCUT2D eigenvalue weighted by Gasteiger charge is 2.12. The summed E-state index contributed by atoms with van der Waals surface area (Å²) < 4.78 is 0. The van der Waals surface area contributed by atoms with Crippen LogP contribution in [0.25, 0.3) is 0 Å². The molecule has 1 atom stereocenters. The van der Waals surface area contributed by atoms with Gasteiger partial charge in [0.05, 0.1) is 0 Å². The largest absolute Gasteiger partial charge is 0.383 e. The molecule has 2 N–H and O–H groups in total. The maximum absolute atomic E-state index is 11.0. The number of rotatable bonds is 4. The Morgan fingerprint density at radius 1 is 1.40 bits per heavy atom. The number of hydrogen-bond donors (Lipinski definition) is 2. The first kappa shape index (κ1) is 13.9. The molecule has 1 rings (SSSR count). The fourth-order valence-electron chi connectivity index (χ4n) is 1.25. The number of benzene rings is 1. The molecule has 4 heteroatoms. The SMILES string of the molecule is CNC(=O)C(O)CCc1ccccc1.Cl. The Morgan fingerprint density at radius 2 is 2.00 bits per heavy atom. The number of aryl methyl sites for hydroxylation is 1. The van der Waals surface area contributed by atoms with Gasteiger partial charge in [-0.05, 0) is 18.4 Å². The molecule has 0 fully saturated rings. The third kappa shape index (κ3) is 4.81. The van der Waals surface area contributed by atoms with Crippen molar-refractivity contribution in [1.82, 2.24) is 5.32 Å². The molecule has 0 aromatic heterocycles. The summed E-state index contributed by atoms with van der Waals surface area (Å²) in [4.78, 5) is 11.0. The molecule has 0 saturated carbocycles. The molecular weight excluding hydrogens is 214 g/mol. The predicted molar refractivity (Wildman–Crippen MR) is 62.1 cm³/mol. The smallest absolute Gasteiger partial charge is 0.248 e. The Balaban J connectivity index is 0.00000196. The molecule has 0 radical (unpaired) electrons. The summed E-state index contributed by atoms with van der Waals surface area (Å²) in [6.45, 7) is 0. The minimum Gasteiger partial charge on any atom is -0.383 e. The second-order valence-corrected chi connectivity index (χ2v) is 3.15. The number of carbonyl (C=O) groups is 1. The first-order valence-electron chi connectivity index (χ1n) is 4.67. The van der Waals surface area contributed by atoms with Gasteiger partial charge in [-0.2, -0.15) is 0 Å². The number of likely N-dealkylation sites (N-methyl/N-ethyl adjacent to an activating group) is 1. The standard InChI is InChI=1S/C11H15NO2.ClH/c1-12-11(14)10(13)8-7-9-5-3-2-4-6-9;/h2-6,10,13H,7-8H2,1H3,(H,12,14);1H. The van der Waals surface area contributed by atoms with Crippen molar-refractivity contribution in [1.29, 1.82) is 0 Å². The van der Waals surface area contributed by atoms with Gasteiger partial charge < -0.3 is 10.4 Å². The Labute approximate surface area is 95.9 Å². The number of hydrogen-bond acceptors (Lipinski definition) is 2. The quantitative estimate of drug-likeness (QED) is 0.814. The molecule has 84 valence electrons. The van der Waals surface area contributed by atoms with E-state index in [1.807, 2.05) is 30.3 Å². The average Bonchev–Trinajstić information content (AvgIpc) is 2.26. The van der Waals surface area contributed by atoms with Crippen molar-refractivity contribution in [2.24, 2.45) is 0 Å². The minimum atomic E-state index is -0.903. The second-order valence-electron chi connectivity index (χ2n) is 3.15. The molecule has 3 nitrogen and oxygen atoms in total. The third-order valence-electron chi connectivity index (χ3n) is 2.10. The van der Waals surface area contributed by atoms with E-state index in [0.29, 0.717) is 6.42 Å². The predicted octanol–water partition coefficient (Wildman–Crippen LogP) is 1.15. The number of amides is 1. The number of nitrogens with one attached hydrogen (secondary N) is 1. The fraction of sp³-hybridized carbons (Fsp3) is 0.364. The second kappa shape index (κ2) is 7.26. The van der Waals surface area contributed by atoms with E-state index in [1.54, 1.807) is 0 Å². The van der Waals surface area contributed by atoms with E-state index in [9.17, 15) is 9.90 Å². The van der Waals surface area contributed by atoms with Crippen molar-refractivity contribution in [2.45, 2.75) is 18.9 Å². The van der Waals surface area contributed by atoms with Crippen LogP contribution in [0, 0.1) is 0 Å². The molecule has 15 heavy (non-hydrogen) atoms. The fourth-order valence-corrected chi connectivity index (χ4v) is 1.25. The summed E-state index contributed by atoms with van der Waals surface area (Å²) in [5.74, 6) is -0.319. The molecule has 0 bridgehead atoms. The van der Waals surface area contributed by atoms with Gasteiger partial charge in [-0.15, -0.1) is 12.4 Å². The highest BCUT2D eigenvalue weighted by Crippen LogP contribution is 2.04. The van der Waals surface area contributed by atoms with Gasteiger partial charge in [0, 0.05) is 7.05 Å². The molecule has 1 aromatic carbocycles. The first-order chi connectivity index (χ1) is 6.74. The van der Waals surface area contributed by atoms with Crippen LogP contribution in [0.4, 0.5) is 0 Å². The summed E-state index contributed by atoms with van der Waals surface area (Å²) in [7, 11) is 1.52. The van der Waals surface area contributed by atoms with Gasteiger partial charge in [0.1, 0.15) is 6.10 Å². The lowest BCUT2D eigenvalue weighted by atomic mass is 10.1. The van der Waals surface area contributed by atoms with Gasteiger partial charge >= 0.3 is 0 Å². The van der Waals surface area contributed by atoms with Gasteiger partial charge in [-0.3, -0.25) is 4.79 Å². The van der Waals surface area contributed by atoms with Crippen LogP contribution in [0.5, 0.6) is 0 Å². The zero-order chi connectivity index (χ0) is 10.4. The highest BCUT2D eigenvalue weighted by atomic mass is 35.5. The lowest BCUT2D eigenvalue weighted by Crippen LogP contribution is -2.31. The molecule has 0 saturated heterocycles. The van der Waals surface area contributed by atoms with Crippen molar-refractivity contribution in [2.75, 3.05) is 7.05 Å². The van der Waals surface area contributed by atoms with Crippen LogP contribution in [0.15, 0.2) is 30.3 Å². The third-order valence-corrected chi connectivity index (χ3v) is 2.10. The topological polar surface area (TPSA) is 49.3 Å². The Bertz CT molecular complexity index is 290. The van der Waals surface area contributed by atoms with E-state index in [4.69, 9.17) is 0 Å². The molecule has 1 amide bonds. The zero-order valence-corrected chi connectivity index (χ0v) is 9.46. The van der Waals surface area contributed by atoms with Crippen LogP contribution < -0.4 is 5.32 Å². The van der Waals surface area contributed by atoms with Gasteiger partial charge in [0.25, 0.3) is 0 Å². The van der Waals surface area contributed by atoms with E-state index in [0.717, 1.165) is 12.0 Å². The summed E-state index contributed by atoms with van der Waals surface area (Å²) >= 11 is 0. The van der Waals surface area contributed by atoms with Gasteiger partial charge in [-0.25, -0.2) is 0 Å². The maximum Gasteiger partial charge on any atom is 0.248 e. The lowest BCUT2D eigenvalue weighted by Gasteiger charge is -2.08. The Morgan fingerprint density at radius 3 is 2.53 bits per heavy atom. The Kier molecular flexibility index (Phi) is 6.75. The van der Waals surface area contributed by atoms with Crippen molar-refractivity contribution in [3.8, 4) is 0 Å². The van der Waals surface area contributed by atoms with Crippen LogP contribution >= 0.6 is 12.4 Å². The van der Waals surface area contributed by atoms with E-state index in [1.165, 1.54) is 7.05 Å². The van der Waals surface area contributed by atoms with Crippen LogP contribution in [0.2, 0.25) is 0 Å². The van der Waals surface area contributed by atoms with Gasteiger partial charge in [0.15, 0.2) is 0 Å². The summed E-state index contributed by atoms with van der Waals surface area (Å²) in [5.41, 5.74) is 1.13. The summed E-state index contributed by atoms with van der Waals surface area (Å²) in [5, 5.41) is 11.8.